The SMILES string of the molecule is CC(CCc1ccccc1)NC(=O)CCOc1cccc(Br)c1. The Hall–Kier alpha value is -1.81. The first-order valence-electron chi connectivity index (χ1n) is 7.85. The Morgan fingerprint density at radius 2 is 1.96 bits per heavy atom. The zero-order chi connectivity index (χ0) is 16.5. The summed E-state index contributed by atoms with van der Waals surface area (Å²) in [7, 11) is 0. The second-order valence-corrected chi connectivity index (χ2v) is 6.46. The zero-order valence-corrected chi connectivity index (χ0v) is 14.9. The quantitative estimate of drug-likeness (QED) is 0.744. The Morgan fingerprint density at radius 1 is 1.17 bits per heavy atom. The number of carbonyl (C=O) groups is 1. The molecule has 1 amide bonds. The van der Waals surface area contributed by atoms with Crippen LogP contribution in [0.5, 0.6) is 5.75 Å². The summed E-state index contributed by atoms with van der Waals surface area (Å²) in [5.74, 6) is 0.796. The fourth-order valence-electron chi connectivity index (χ4n) is 2.27. The van der Waals surface area contributed by atoms with E-state index in [-0.39, 0.29) is 11.9 Å². The van der Waals surface area contributed by atoms with Gasteiger partial charge in [0.15, 0.2) is 0 Å². The third-order valence-corrected chi connectivity index (χ3v) is 4.00. The van der Waals surface area contributed by atoms with Gasteiger partial charge in [0.2, 0.25) is 5.91 Å². The Morgan fingerprint density at radius 3 is 2.70 bits per heavy atom. The van der Waals surface area contributed by atoms with Crippen LogP contribution in [-0.4, -0.2) is 18.6 Å². The lowest BCUT2D eigenvalue weighted by atomic mass is 10.1. The molecule has 1 atom stereocenters. The fraction of sp³-hybridized carbons (Fsp3) is 0.316. The van der Waals surface area contributed by atoms with E-state index >= 15 is 0 Å². The number of aryl methyl sites for hydroxylation is 1. The van der Waals surface area contributed by atoms with Gasteiger partial charge in [-0.05, 0) is 43.5 Å². The zero-order valence-electron chi connectivity index (χ0n) is 13.3. The number of ether oxygens (including phenoxy) is 1. The summed E-state index contributed by atoms with van der Waals surface area (Å²) in [6.45, 7) is 2.42. The first-order valence-corrected chi connectivity index (χ1v) is 8.64. The van der Waals surface area contributed by atoms with Crippen LogP contribution in [-0.2, 0) is 11.2 Å². The maximum atomic E-state index is 11.9. The number of amides is 1. The Kier molecular flexibility index (Phi) is 7.14. The molecule has 0 heterocycles. The van der Waals surface area contributed by atoms with Gasteiger partial charge in [0.25, 0.3) is 0 Å². The van der Waals surface area contributed by atoms with Crippen molar-refractivity contribution in [3.05, 3.63) is 64.6 Å². The lowest BCUT2D eigenvalue weighted by Crippen LogP contribution is -2.33. The monoisotopic (exact) mass is 375 g/mol. The second kappa shape index (κ2) is 9.36. The van der Waals surface area contributed by atoms with E-state index in [4.69, 9.17) is 4.74 Å². The van der Waals surface area contributed by atoms with Crippen LogP contribution in [0.3, 0.4) is 0 Å². The first kappa shape index (κ1) is 17.5. The third-order valence-electron chi connectivity index (χ3n) is 3.51. The van der Waals surface area contributed by atoms with Crippen molar-refractivity contribution in [1.29, 1.82) is 0 Å². The number of carbonyl (C=O) groups excluding carboxylic acids is 1. The van der Waals surface area contributed by atoms with E-state index in [0.717, 1.165) is 23.1 Å². The Labute approximate surface area is 146 Å². The largest absolute Gasteiger partial charge is 0.493 e. The van der Waals surface area contributed by atoms with Crippen LogP contribution in [0.4, 0.5) is 0 Å². The predicted octanol–water partition coefficient (Wildman–Crippen LogP) is 4.36. The fourth-order valence-corrected chi connectivity index (χ4v) is 2.64. The van der Waals surface area contributed by atoms with E-state index in [1.807, 2.05) is 49.4 Å². The first-order chi connectivity index (χ1) is 11.1. The average molecular weight is 376 g/mol. The van der Waals surface area contributed by atoms with Crippen molar-refractivity contribution in [3.63, 3.8) is 0 Å². The molecule has 0 saturated carbocycles. The van der Waals surface area contributed by atoms with Gasteiger partial charge in [-0.25, -0.2) is 0 Å². The molecule has 0 bridgehead atoms. The van der Waals surface area contributed by atoms with Gasteiger partial charge in [-0.3, -0.25) is 4.79 Å². The highest BCUT2D eigenvalue weighted by molar-refractivity contribution is 9.10. The summed E-state index contributed by atoms with van der Waals surface area (Å²) in [4.78, 5) is 11.9. The minimum atomic E-state index is 0.0283. The van der Waals surface area contributed by atoms with Crippen LogP contribution < -0.4 is 10.1 Å². The van der Waals surface area contributed by atoms with Gasteiger partial charge < -0.3 is 10.1 Å². The third kappa shape index (κ3) is 6.87. The van der Waals surface area contributed by atoms with Gasteiger partial charge in [-0.1, -0.05) is 52.3 Å². The molecule has 23 heavy (non-hydrogen) atoms. The molecule has 122 valence electrons. The van der Waals surface area contributed by atoms with Crippen molar-refractivity contribution in [3.8, 4) is 5.75 Å². The van der Waals surface area contributed by atoms with E-state index in [1.54, 1.807) is 0 Å². The topological polar surface area (TPSA) is 38.3 Å². The second-order valence-electron chi connectivity index (χ2n) is 5.55. The van der Waals surface area contributed by atoms with Crippen LogP contribution in [0.1, 0.15) is 25.3 Å². The van der Waals surface area contributed by atoms with Crippen LogP contribution in [0, 0.1) is 0 Å². The maximum absolute atomic E-state index is 11.9. The molecule has 0 radical (unpaired) electrons. The summed E-state index contributed by atoms with van der Waals surface area (Å²) in [5, 5.41) is 3.02. The van der Waals surface area contributed by atoms with Crippen molar-refractivity contribution in [2.75, 3.05) is 6.61 Å². The number of rotatable bonds is 8. The Balaban J connectivity index is 1.64. The van der Waals surface area contributed by atoms with Crippen molar-refractivity contribution >= 4 is 21.8 Å². The predicted molar refractivity (Wildman–Crippen MR) is 96.6 cm³/mol. The molecule has 0 aliphatic rings. The van der Waals surface area contributed by atoms with Crippen molar-refractivity contribution in [2.24, 2.45) is 0 Å². The minimum absolute atomic E-state index is 0.0283. The molecule has 1 unspecified atom stereocenters. The number of hydrogen-bond acceptors (Lipinski definition) is 2. The highest BCUT2D eigenvalue weighted by Crippen LogP contribution is 2.17. The van der Waals surface area contributed by atoms with E-state index in [1.165, 1.54) is 5.56 Å². The Bertz CT molecular complexity index is 616. The molecule has 0 aliphatic heterocycles. The molecule has 2 aromatic rings. The van der Waals surface area contributed by atoms with E-state index in [2.05, 4.69) is 33.4 Å². The normalized spacial score (nSPS) is 11.7. The van der Waals surface area contributed by atoms with Crippen molar-refractivity contribution < 1.29 is 9.53 Å². The van der Waals surface area contributed by atoms with Crippen LogP contribution in [0.2, 0.25) is 0 Å². The van der Waals surface area contributed by atoms with Gasteiger partial charge in [0.05, 0.1) is 13.0 Å². The molecular weight excluding hydrogens is 354 g/mol. The minimum Gasteiger partial charge on any atom is -0.493 e. The van der Waals surface area contributed by atoms with Crippen LogP contribution in [0.25, 0.3) is 0 Å². The lowest BCUT2D eigenvalue weighted by Gasteiger charge is -2.14. The number of halogens is 1. The summed E-state index contributed by atoms with van der Waals surface area (Å²) < 4.78 is 6.54. The van der Waals surface area contributed by atoms with E-state index < -0.39 is 0 Å². The number of nitrogens with one attached hydrogen (secondary N) is 1. The molecule has 2 aromatic carbocycles. The standard InChI is InChI=1S/C19H22BrNO2/c1-15(10-11-16-6-3-2-4-7-16)21-19(22)12-13-23-18-9-5-8-17(20)14-18/h2-9,14-15H,10-13H2,1H3,(H,21,22). The van der Waals surface area contributed by atoms with Gasteiger partial charge in [0.1, 0.15) is 5.75 Å². The van der Waals surface area contributed by atoms with Gasteiger partial charge in [-0.15, -0.1) is 0 Å². The number of hydrogen-bond donors (Lipinski definition) is 1. The highest BCUT2D eigenvalue weighted by Gasteiger charge is 2.08. The smallest absolute Gasteiger partial charge is 0.223 e. The summed E-state index contributed by atoms with van der Waals surface area (Å²) in [6, 6.07) is 18.1. The van der Waals surface area contributed by atoms with E-state index in [0.29, 0.717) is 13.0 Å². The van der Waals surface area contributed by atoms with Gasteiger partial charge in [-0.2, -0.15) is 0 Å². The molecule has 0 fully saturated rings. The molecule has 0 saturated heterocycles. The molecule has 2 rings (SSSR count). The van der Waals surface area contributed by atoms with Crippen LogP contribution in [0.15, 0.2) is 59.1 Å². The molecule has 0 aromatic heterocycles. The molecule has 0 aliphatic carbocycles. The van der Waals surface area contributed by atoms with Crippen LogP contribution >= 0.6 is 15.9 Å². The van der Waals surface area contributed by atoms with Crippen molar-refractivity contribution in [1.82, 2.24) is 5.32 Å². The van der Waals surface area contributed by atoms with E-state index in [9.17, 15) is 4.79 Å². The number of benzene rings is 2. The highest BCUT2D eigenvalue weighted by atomic mass is 79.9. The molecule has 1 N–H and O–H groups in total. The average Bonchev–Trinajstić information content (AvgIpc) is 2.54. The maximum Gasteiger partial charge on any atom is 0.223 e. The summed E-state index contributed by atoms with van der Waals surface area (Å²) in [6.07, 6.45) is 2.27. The van der Waals surface area contributed by atoms with Gasteiger partial charge in [0, 0.05) is 10.5 Å². The summed E-state index contributed by atoms with van der Waals surface area (Å²) >= 11 is 3.39. The molecule has 4 heteroatoms. The molecule has 3 nitrogen and oxygen atoms in total. The summed E-state index contributed by atoms with van der Waals surface area (Å²) in [5.41, 5.74) is 1.30. The molecular formula is C19H22BrNO2. The van der Waals surface area contributed by atoms with Gasteiger partial charge >= 0.3 is 0 Å². The lowest BCUT2D eigenvalue weighted by molar-refractivity contribution is -0.122. The molecule has 0 spiro atoms. The van der Waals surface area contributed by atoms with Crippen molar-refractivity contribution in [2.45, 2.75) is 32.2 Å².